The first kappa shape index (κ1) is 36.1. The topological polar surface area (TPSA) is 190 Å². The molecule has 0 saturated heterocycles. The zero-order chi connectivity index (χ0) is 33.1. The molecule has 13 nitrogen and oxygen atoms in total. The number of Topliss-reactive ketones (excluding diaryl/α,β-unsaturated/α-hetero) is 1. The lowest BCUT2D eigenvalue weighted by atomic mass is 9.85. The Kier molecular flexibility index (Phi) is 13.7. The molecule has 0 aromatic heterocycles. The minimum atomic E-state index is -1.38. The predicted octanol–water partition coefficient (Wildman–Crippen LogP) is 1.95. The van der Waals surface area contributed by atoms with E-state index < -0.39 is 59.9 Å². The molecule has 2 bridgehead atoms. The third kappa shape index (κ3) is 9.73. The number of esters is 1. The van der Waals surface area contributed by atoms with E-state index in [1.165, 1.54) is 46.5 Å². The summed E-state index contributed by atoms with van der Waals surface area (Å²) in [6.45, 7) is 6.36. The summed E-state index contributed by atoms with van der Waals surface area (Å²) in [5.74, 6) is -3.44. The second-order valence-corrected chi connectivity index (χ2v) is 10.8. The molecule has 2 aliphatic rings. The Morgan fingerprint density at radius 1 is 1.09 bits per heavy atom. The smallest absolute Gasteiger partial charge is 0.405 e. The average Bonchev–Trinajstić information content (AvgIpc) is 2.95. The Labute approximate surface area is 256 Å². The first-order chi connectivity index (χ1) is 20.7. The summed E-state index contributed by atoms with van der Waals surface area (Å²) in [7, 11) is 4.08. The van der Waals surface area contributed by atoms with Crippen LogP contribution in [-0.2, 0) is 42.9 Å². The summed E-state index contributed by atoms with van der Waals surface area (Å²) in [4.78, 5) is 63.4. The molecule has 242 valence electrons. The number of primary amides is 1. The first-order valence-corrected chi connectivity index (χ1v) is 14.0. The molecular formula is C31H42N2O11. The highest BCUT2D eigenvalue weighted by atomic mass is 16.6. The molecule has 1 aliphatic heterocycles. The van der Waals surface area contributed by atoms with Gasteiger partial charge in [0.15, 0.2) is 11.9 Å². The van der Waals surface area contributed by atoms with Crippen LogP contribution in [-0.4, -0.2) is 87.0 Å². The number of fused-ring (bicyclic) bond motifs is 2. The number of aliphatic hydroxyl groups is 1. The lowest BCUT2D eigenvalue weighted by Crippen LogP contribution is -2.40. The number of hydrogen-bond donors (Lipinski definition) is 3. The van der Waals surface area contributed by atoms with Crippen LogP contribution in [0.2, 0.25) is 0 Å². The zero-order valence-corrected chi connectivity index (χ0v) is 26.1. The summed E-state index contributed by atoms with van der Waals surface area (Å²) in [5, 5.41) is 13.4. The predicted molar refractivity (Wildman–Crippen MR) is 158 cm³/mol. The highest BCUT2D eigenvalue weighted by Gasteiger charge is 2.35. The molecule has 0 saturated carbocycles. The van der Waals surface area contributed by atoms with Crippen LogP contribution in [0, 0.1) is 11.8 Å². The molecule has 2 amide bonds. The van der Waals surface area contributed by atoms with E-state index >= 15 is 0 Å². The number of carbonyl (C=O) groups is 5. The maximum Gasteiger partial charge on any atom is 0.405 e. The second-order valence-electron chi connectivity index (χ2n) is 10.8. The molecule has 0 aromatic carbocycles. The summed E-state index contributed by atoms with van der Waals surface area (Å²) in [5.41, 5.74) is 5.71. The van der Waals surface area contributed by atoms with E-state index in [0.29, 0.717) is 5.57 Å². The number of rotatable bonds is 6. The van der Waals surface area contributed by atoms with E-state index in [1.54, 1.807) is 19.9 Å². The molecule has 0 aromatic rings. The van der Waals surface area contributed by atoms with E-state index in [-0.39, 0.29) is 48.0 Å². The fourth-order valence-corrected chi connectivity index (χ4v) is 5.07. The number of nitrogens with two attached hydrogens (primary N) is 1. The van der Waals surface area contributed by atoms with E-state index in [0.717, 1.165) is 6.08 Å². The van der Waals surface area contributed by atoms with Crippen LogP contribution < -0.4 is 11.1 Å². The molecule has 44 heavy (non-hydrogen) atoms. The molecule has 1 aliphatic carbocycles. The van der Waals surface area contributed by atoms with Crippen LogP contribution in [0.3, 0.4) is 0 Å². The third-order valence-electron chi connectivity index (χ3n) is 7.19. The number of aliphatic hydroxyl groups excluding tert-OH is 1. The molecule has 2 rings (SSSR count). The Bertz CT molecular complexity index is 1280. The van der Waals surface area contributed by atoms with Gasteiger partial charge < -0.3 is 39.8 Å². The maximum absolute atomic E-state index is 13.5. The van der Waals surface area contributed by atoms with Crippen molar-refractivity contribution in [3.8, 4) is 0 Å². The quantitative estimate of drug-likeness (QED) is 0.224. The van der Waals surface area contributed by atoms with Crippen molar-refractivity contribution in [3.63, 3.8) is 0 Å². The van der Waals surface area contributed by atoms with Gasteiger partial charge >= 0.3 is 12.1 Å². The number of hydrogen-bond acceptors (Lipinski definition) is 11. The largest absolute Gasteiger partial charge is 0.492 e. The van der Waals surface area contributed by atoms with Crippen molar-refractivity contribution in [3.05, 3.63) is 58.6 Å². The van der Waals surface area contributed by atoms with Crippen LogP contribution >= 0.6 is 0 Å². The van der Waals surface area contributed by atoms with Crippen molar-refractivity contribution < 1.29 is 52.8 Å². The molecule has 4 unspecified atom stereocenters. The van der Waals surface area contributed by atoms with Gasteiger partial charge in [-0.15, -0.1) is 0 Å². The Morgan fingerprint density at radius 2 is 1.77 bits per heavy atom. The van der Waals surface area contributed by atoms with Gasteiger partial charge in [-0.1, -0.05) is 38.2 Å². The second kappa shape index (κ2) is 16.7. The van der Waals surface area contributed by atoms with Gasteiger partial charge in [0.2, 0.25) is 11.6 Å². The number of ether oxygens (including phenoxy) is 5. The lowest BCUT2D eigenvalue weighted by molar-refractivity contribution is -0.164. The number of allylic oxidation sites excluding steroid dienone is 4. The maximum atomic E-state index is 13.5. The Hall–Kier alpha value is -4.07. The summed E-state index contributed by atoms with van der Waals surface area (Å²) in [6, 6.07) is 0. The average molecular weight is 619 g/mol. The van der Waals surface area contributed by atoms with E-state index in [1.807, 2.05) is 6.92 Å². The van der Waals surface area contributed by atoms with E-state index in [4.69, 9.17) is 29.4 Å². The number of nitrogens with one attached hydrogen (secondary N) is 1. The highest BCUT2D eigenvalue weighted by Crippen LogP contribution is 2.30. The fraction of sp³-hybridized carbons (Fsp3) is 0.516. The third-order valence-corrected chi connectivity index (χ3v) is 7.19. The fourth-order valence-electron chi connectivity index (χ4n) is 5.07. The van der Waals surface area contributed by atoms with Gasteiger partial charge in [0.25, 0.3) is 5.91 Å². The Morgan fingerprint density at radius 3 is 2.36 bits per heavy atom. The minimum absolute atomic E-state index is 0.0844. The Balaban J connectivity index is 2.67. The molecule has 6 atom stereocenters. The van der Waals surface area contributed by atoms with Crippen LogP contribution in [0.4, 0.5) is 4.79 Å². The molecule has 0 radical (unpaired) electrons. The van der Waals surface area contributed by atoms with Gasteiger partial charge in [-0.25, -0.2) is 9.59 Å². The SMILES string of the molecule is COCC(=O)OC1C(OC)C[C@H](C)CC2=C(OC)C(=O)C=C(NC(=O)/C(C)=C/C=C\C(O)C(OC(N)=O)/C(C)=C/[C@@H]1C)C2=O. The van der Waals surface area contributed by atoms with Crippen molar-refractivity contribution in [2.75, 3.05) is 27.9 Å². The number of carbonyl (C=O) groups excluding carboxylic acids is 5. The van der Waals surface area contributed by atoms with Crippen LogP contribution in [0.25, 0.3) is 0 Å². The number of ketones is 2. The molecule has 0 spiro atoms. The monoisotopic (exact) mass is 618 g/mol. The van der Waals surface area contributed by atoms with Gasteiger partial charge in [0, 0.05) is 37.4 Å². The van der Waals surface area contributed by atoms with Crippen molar-refractivity contribution in [1.29, 1.82) is 0 Å². The van der Waals surface area contributed by atoms with Gasteiger partial charge in [0.05, 0.1) is 18.9 Å². The zero-order valence-electron chi connectivity index (χ0n) is 26.1. The number of amides is 2. The summed E-state index contributed by atoms with van der Waals surface area (Å²) >= 11 is 0. The molecular weight excluding hydrogens is 576 g/mol. The molecule has 1 heterocycles. The normalized spacial score (nSPS) is 30.6. The van der Waals surface area contributed by atoms with Gasteiger partial charge in [0.1, 0.15) is 18.8 Å². The standard InChI is InChI=1S/C31H42N2O11/c1-16-11-20-26(37)21(14-23(35)29(20)42-7)33-30(38)17(2)9-8-10-22(34)27(44-31(32)39)18(3)13-19(4)28(24(12-16)41-6)43-25(36)15-40-5/h8-10,13-14,16,19,22,24,27-28,34H,11-12,15H2,1-7H3,(H2,32,39)(H,33,38)/b10-8-,17-9+,18-13+/t16-,19+,22?,24?,27?,28?/m1/s1. The molecule has 4 N–H and O–H groups in total. The molecule has 13 heteroatoms. The van der Waals surface area contributed by atoms with Crippen LogP contribution in [0.15, 0.2) is 58.6 Å². The van der Waals surface area contributed by atoms with Crippen LogP contribution in [0.5, 0.6) is 0 Å². The van der Waals surface area contributed by atoms with Gasteiger partial charge in [-0.3, -0.25) is 14.4 Å². The van der Waals surface area contributed by atoms with Gasteiger partial charge in [-0.2, -0.15) is 0 Å². The van der Waals surface area contributed by atoms with Crippen molar-refractivity contribution >= 4 is 29.5 Å². The van der Waals surface area contributed by atoms with Crippen molar-refractivity contribution in [2.24, 2.45) is 17.6 Å². The van der Waals surface area contributed by atoms with Gasteiger partial charge in [-0.05, 0) is 38.2 Å². The van der Waals surface area contributed by atoms with E-state index in [9.17, 15) is 29.1 Å². The summed E-state index contributed by atoms with van der Waals surface area (Å²) < 4.78 is 26.9. The first-order valence-electron chi connectivity index (χ1n) is 14.0. The molecule has 0 fully saturated rings. The van der Waals surface area contributed by atoms with Crippen LogP contribution in [0.1, 0.15) is 40.5 Å². The number of methoxy groups -OCH3 is 3. The highest BCUT2D eigenvalue weighted by molar-refractivity contribution is 6.23. The lowest BCUT2D eigenvalue weighted by Gasteiger charge is -2.32. The van der Waals surface area contributed by atoms with Crippen molar-refractivity contribution in [2.45, 2.75) is 65.0 Å². The van der Waals surface area contributed by atoms with E-state index in [2.05, 4.69) is 5.32 Å². The van der Waals surface area contributed by atoms with Crippen molar-refractivity contribution in [1.82, 2.24) is 5.32 Å². The summed E-state index contributed by atoms with van der Waals surface area (Å²) in [6.07, 6.45) is 1.75. The minimum Gasteiger partial charge on any atom is -0.492 e.